The van der Waals surface area contributed by atoms with Crippen molar-refractivity contribution in [3.05, 3.63) is 0 Å². The molecule has 0 rings (SSSR count). The number of rotatable bonds is 8. The van der Waals surface area contributed by atoms with Gasteiger partial charge in [0.25, 0.3) is 0 Å². The van der Waals surface area contributed by atoms with E-state index < -0.39 is 28.9 Å². The van der Waals surface area contributed by atoms with Crippen LogP contribution in [0.1, 0.15) is 26.2 Å². The number of nitrogens with one attached hydrogen (secondary N) is 1. The first kappa shape index (κ1) is 15.9. The Hall–Kier alpha value is -1.11. The van der Waals surface area contributed by atoms with Crippen LogP contribution in [-0.2, 0) is 20.3 Å². The van der Waals surface area contributed by atoms with Crippen LogP contribution in [0.2, 0.25) is 0 Å². The Labute approximate surface area is 103 Å². The molecule has 0 spiro atoms. The van der Waals surface area contributed by atoms with Crippen molar-refractivity contribution >= 4 is 22.9 Å². The maximum absolute atomic E-state index is 11.5. The van der Waals surface area contributed by atoms with E-state index in [1.165, 1.54) is 7.11 Å². The molecule has 0 heterocycles. The van der Waals surface area contributed by atoms with Crippen molar-refractivity contribution in [2.75, 3.05) is 18.6 Å². The molecule has 7 heteroatoms. The fraction of sp³-hybridized carbons (Fsp3) is 0.800. The number of carbonyl (C=O) groups is 2. The maximum Gasteiger partial charge on any atom is 0.405 e. The SMILES string of the molecule is CCCCS(=O)CC[C@H](NC(=O)O)C(=O)OC. The third-order valence-corrected chi connectivity index (χ3v) is 3.58. The summed E-state index contributed by atoms with van der Waals surface area (Å²) in [5.41, 5.74) is 0. The Kier molecular flexibility index (Phi) is 8.39. The van der Waals surface area contributed by atoms with Crippen molar-refractivity contribution in [1.82, 2.24) is 5.32 Å². The molecule has 0 fully saturated rings. The highest BCUT2D eigenvalue weighted by Crippen LogP contribution is 2.00. The summed E-state index contributed by atoms with van der Waals surface area (Å²) in [7, 11) is 0.173. The minimum Gasteiger partial charge on any atom is -0.467 e. The molecule has 2 atom stereocenters. The van der Waals surface area contributed by atoms with Crippen molar-refractivity contribution in [3.63, 3.8) is 0 Å². The topological polar surface area (TPSA) is 92.7 Å². The minimum absolute atomic E-state index is 0.190. The van der Waals surface area contributed by atoms with E-state index >= 15 is 0 Å². The molecular formula is C10H19NO5S. The molecule has 0 aliphatic rings. The monoisotopic (exact) mass is 265 g/mol. The zero-order chi connectivity index (χ0) is 13.3. The van der Waals surface area contributed by atoms with Gasteiger partial charge in [-0.2, -0.15) is 0 Å². The number of carboxylic acid groups (broad SMARTS) is 1. The van der Waals surface area contributed by atoms with Crippen LogP contribution in [0.25, 0.3) is 0 Å². The Morgan fingerprint density at radius 2 is 2.06 bits per heavy atom. The Bertz CT molecular complexity index is 282. The predicted octanol–water partition coefficient (Wildman–Crippen LogP) is 0.735. The first-order valence-electron chi connectivity index (χ1n) is 5.43. The molecule has 2 N–H and O–H groups in total. The summed E-state index contributed by atoms with van der Waals surface area (Å²) in [4.78, 5) is 21.7. The summed E-state index contributed by atoms with van der Waals surface area (Å²) in [6, 6.07) is -0.942. The molecular weight excluding hydrogens is 246 g/mol. The summed E-state index contributed by atoms with van der Waals surface area (Å²) in [6.07, 6.45) is 0.719. The molecule has 1 amide bonds. The Balaban J connectivity index is 4.11. The van der Waals surface area contributed by atoms with E-state index in [1.54, 1.807) is 0 Å². The smallest absolute Gasteiger partial charge is 0.405 e. The van der Waals surface area contributed by atoms with Crippen molar-refractivity contribution < 1.29 is 23.6 Å². The van der Waals surface area contributed by atoms with Crippen LogP contribution >= 0.6 is 0 Å². The summed E-state index contributed by atoms with van der Waals surface area (Å²) in [5, 5.41) is 10.6. The minimum atomic E-state index is -1.29. The van der Waals surface area contributed by atoms with Crippen molar-refractivity contribution in [3.8, 4) is 0 Å². The fourth-order valence-corrected chi connectivity index (χ4v) is 2.51. The predicted molar refractivity (Wildman–Crippen MR) is 64.4 cm³/mol. The molecule has 0 aliphatic heterocycles. The van der Waals surface area contributed by atoms with Gasteiger partial charge >= 0.3 is 12.1 Å². The highest BCUT2D eigenvalue weighted by molar-refractivity contribution is 7.84. The number of amides is 1. The van der Waals surface area contributed by atoms with Gasteiger partial charge in [0, 0.05) is 22.3 Å². The van der Waals surface area contributed by atoms with E-state index in [2.05, 4.69) is 4.74 Å². The first-order valence-corrected chi connectivity index (χ1v) is 6.92. The molecule has 0 radical (unpaired) electrons. The molecule has 0 saturated carbocycles. The van der Waals surface area contributed by atoms with Gasteiger partial charge in [-0.1, -0.05) is 13.3 Å². The van der Waals surface area contributed by atoms with Crippen LogP contribution in [0, 0.1) is 0 Å². The van der Waals surface area contributed by atoms with E-state index in [1.807, 2.05) is 12.2 Å². The lowest BCUT2D eigenvalue weighted by Crippen LogP contribution is -2.41. The van der Waals surface area contributed by atoms with Gasteiger partial charge in [0.1, 0.15) is 6.04 Å². The molecule has 0 aliphatic carbocycles. The first-order chi connectivity index (χ1) is 8.01. The van der Waals surface area contributed by atoms with Gasteiger partial charge in [-0.3, -0.25) is 4.21 Å². The lowest BCUT2D eigenvalue weighted by atomic mass is 10.2. The second-order valence-corrected chi connectivity index (χ2v) is 5.21. The second kappa shape index (κ2) is 8.98. The van der Waals surface area contributed by atoms with Gasteiger partial charge in [0.15, 0.2) is 0 Å². The summed E-state index contributed by atoms with van der Waals surface area (Å²) in [5.74, 6) is 0.220. The quantitative estimate of drug-likeness (QED) is 0.631. The molecule has 17 heavy (non-hydrogen) atoms. The highest BCUT2D eigenvalue weighted by atomic mass is 32.2. The lowest BCUT2D eigenvalue weighted by Gasteiger charge is -2.13. The van der Waals surface area contributed by atoms with Crippen LogP contribution < -0.4 is 5.32 Å². The standard InChI is InChI=1S/C10H19NO5S/c1-3-4-6-17(15)7-5-8(9(12)16-2)11-10(13)14/h8,11H,3-7H2,1-2H3,(H,13,14)/t8-,17?/m0/s1. The number of hydrogen-bond acceptors (Lipinski definition) is 4. The van der Waals surface area contributed by atoms with Gasteiger partial charge in [0.2, 0.25) is 0 Å². The molecule has 100 valence electrons. The summed E-state index contributed by atoms with van der Waals surface area (Å²) >= 11 is 0. The lowest BCUT2D eigenvalue weighted by molar-refractivity contribution is -0.143. The van der Waals surface area contributed by atoms with E-state index in [4.69, 9.17) is 5.11 Å². The Morgan fingerprint density at radius 3 is 2.53 bits per heavy atom. The number of ether oxygens (including phenoxy) is 1. The number of unbranched alkanes of at least 4 members (excludes halogenated alkanes) is 1. The second-order valence-electron chi connectivity index (χ2n) is 3.52. The average molecular weight is 265 g/mol. The van der Waals surface area contributed by atoms with E-state index in [0.717, 1.165) is 12.8 Å². The van der Waals surface area contributed by atoms with Crippen LogP contribution in [0.15, 0.2) is 0 Å². The number of methoxy groups -OCH3 is 1. The van der Waals surface area contributed by atoms with Crippen molar-refractivity contribution in [2.24, 2.45) is 0 Å². The fourth-order valence-electron chi connectivity index (χ4n) is 1.20. The number of carbonyl (C=O) groups excluding carboxylic acids is 1. The van der Waals surface area contributed by atoms with Crippen molar-refractivity contribution in [2.45, 2.75) is 32.2 Å². The van der Waals surface area contributed by atoms with Gasteiger partial charge in [-0.15, -0.1) is 0 Å². The average Bonchev–Trinajstić information content (AvgIpc) is 2.30. The van der Waals surface area contributed by atoms with Crippen LogP contribution in [0.4, 0.5) is 4.79 Å². The van der Waals surface area contributed by atoms with Crippen LogP contribution in [-0.4, -0.2) is 46.0 Å². The van der Waals surface area contributed by atoms with Gasteiger partial charge in [-0.05, 0) is 12.8 Å². The zero-order valence-electron chi connectivity index (χ0n) is 10.1. The number of esters is 1. The summed E-state index contributed by atoms with van der Waals surface area (Å²) in [6.45, 7) is 2.00. The molecule has 0 aromatic heterocycles. The highest BCUT2D eigenvalue weighted by Gasteiger charge is 2.21. The van der Waals surface area contributed by atoms with Crippen molar-refractivity contribution in [1.29, 1.82) is 0 Å². The van der Waals surface area contributed by atoms with E-state index in [0.29, 0.717) is 11.5 Å². The van der Waals surface area contributed by atoms with Crippen LogP contribution in [0.5, 0.6) is 0 Å². The summed E-state index contributed by atoms with van der Waals surface area (Å²) < 4.78 is 15.9. The Morgan fingerprint density at radius 1 is 1.41 bits per heavy atom. The third kappa shape index (κ3) is 7.73. The zero-order valence-corrected chi connectivity index (χ0v) is 10.9. The van der Waals surface area contributed by atoms with Gasteiger partial charge in [-0.25, -0.2) is 9.59 Å². The molecule has 1 unspecified atom stereocenters. The van der Waals surface area contributed by atoms with Gasteiger partial charge < -0.3 is 15.2 Å². The molecule has 0 bridgehead atoms. The molecule has 0 aromatic carbocycles. The molecule has 0 aromatic rings. The maximum atomic E-state index is 11.5. The van der Waals surface area contributed by atoms with E-state index in [-0.39, 0.29) is 6.42 Å². The molecule has 0 saturated heterocycles. The molecule has 6 nitrogen and oxygen atoms in total. The van der Waals surface area contributed by atoms with Gasteiger partial charge in [0.05, 0.1) is 7.11 Å². The number of hydrogen-bond donors (Lipinski definition) is 2. The normalized spacial score (nSPS) is 13.8. The van der Waals surface area contributed by atoms with E-state index in [9.17, 15) is 13.8 Å². The van der Waals surface area contributed by atoms with Crippen LogP contribution in [0.3, 0.4) is 0 Å². The largest absolute Gasteiger partial charge is 0.467 e. The third-order valence-electron chi connectivity index (χ3n) is 2.14.